The average molecular weight is 305 g/mol. The zero-order valence-electron chi connectivity index (χ0n) is 10.4. The van der Waals surface area contributed by atoms with E-state index in [0.717, 1.165) is 0 Å². The summed E-state index contributed by atoms with van der Waals surface area (Å²) in [5.74, 6) is -1.71. The van der Waals surface area contributed by atoms with Gasteiger partial charge in [-0.3, -0.25) is 9.00 Å². The third-order valence-electron chi connectivity index (χ3n) is 2.34. The van der Waals surface area contributed by atoms with Crippen LogP contribution in [0, 0.1) is 0 Å². The van der Waals surface area contributed by atoms with E-state index in [-0.39, 0.29) is 22.1 Å². The molecule has 0 bridgehead atoms. The number of aromatic carboxylic acids is 1. The van der Waals surface area contributed by atoms with E-state index in [0.29, 0.717) is 0 Å². The van der Waals surface area contributed by atoms with Crippen molar-refractivity contribution >= 4 is 34.3 Å². The molecule has 0 saturated carbocycles. The third-order valence-corrected chi connectivity index (χ3v) is 4.38. The van der Waals surface area contributed by atoms with Gasteiger partial charge in [-0.05, 0) is 32.0 Å². The van der Waals surface area contributed by atoms with Crippen LogP contribution in [0.4, 0.5) is 0 Å². The highest BCUT2D eigenvalue weighted by Crippen LogP contribution is 2.24. The van der Waals surface area contributed by atoms with Crippen molar-refractivity contribution in [1.29, 1.82) is 0 Å². The predicted octanol–water partition coefficient (Wildman–Crippen LogP) is 2.10. The van der Waals surface area contributed by atoms with Crippen LogP contribution in [-0.4, -0.2) is 33.1 Å². The molecule has 0 saturated heterocycles. The van der Waals surface area contributed by atoms with Gasteiger partial charge in [-0.1, -0.05) is 11.6 Å². The van der Waals surface area contributed by atoms with Crippen LogP contribution in [0.5, 0.6) is 0 Å². The van der Waals surface area contributed by atoms with Crippen LogP contribution in [0.3, 0.4) is 0 Å². The van der Waals surface area contributed by atoms with Gasteiger partial charge in [0.05, 0.1) is 32.9 Å². The molecule has 5 nitrogen and oxygen atoms in total. The monoisotopic (exact) mass is 304 g/mol. The summed E-state index contributed by atoms with van der Waals surface area (Å²) >= 11 is 5.89. The van der Waals surface area contributed by atoms with Crippen LogP contribution in [-0.2, 0) is 20.3 Å². The second-order valence-corrected chi connectivity index (χ2v) is 5.79. The molecule has 0 heterocycles. The molecule has 1 N–H and O–H groups in total. The number of benzene rings is 1. The quantitative estimate of drug-likeness (QED) is 0.843. The number of carboxylic acids is 1. The fourth-order valence-electron chi connectivity index (χ4n) is 1.33. The summed E-state index contributed by atoms with van der Waals surface area (Å²) in [5, 5.41) is 7.98. The van der Waals surface area contributed by atoms with E-state index in [1.165, 1.54) is 25.1 Å². The van der Waals surface area contributed by atoms with Gasteiger partial charge >= 0.3 is 11.9 Å². The first-order valence-electron chi connectivity index (χ1n) is 5.48. The molecule has 1 aromatic carbocycles. The number of ether oxygens (including phenoxy) is 1. The van der Waals surface area contributed by atoms with Crippen LogP contribution in [0.1, 0.15) is 24.2 Å². The first-order chi connectivity index (χ1) is 8.88. The zero-order valence-corrected chi connectivity index (χ0v) is 12.0. The van der Waals surface area contributed by atoms with E-state index < -0.39 is 28.0 Å². The fraction of sp³-hybridized carbons (Fsp3) is 0.333. The Morgan fingerprint density at radius 2 is 2.11 bits per heavy atom. The lowest BCUT2D eigenvalue weighted by Gasteiger charge is -2.11. The Bertz CT molecular complexity index is 529. The average Bonchev–Trinajstić information content (AvgIpc) is 2.37. The minimum atomic E-state index is -1.69. The highest BCUT2D eigenvalue weighted by molar-refractivity contribution is 7.86. The normalized spacial score (nSPS) is 13.6. The summed E-state index contributed by atoms with van der Waals surface area (Å²) < 4.78 is 16.9. The van der Waals surface area contributed by atoms with Crippen molar-refractivity contribution in [2.45, 2.75) is 24.0 Å². The number of carboxylic acid groups (broad SMARTS) is 1. The lowest BCUT2D eigenvalue weighted by atomic mass is 10.2. The van der Waals surface area contributed by atoms with Gasteiger partial charge in [-0.25, -0.2) is 4.79 Å². The topological polar surface area (TPSA) is 80.7 Å². The second kappa shape index (κ2) is 6.68. The van der Waals surface area contributed by atoms with Crippen LogP contribution < -0.4 is 0 Å². The van der Waals surface area contributed by atoms with E-state index in [4.69, 9.17) is 21.4 Å². The van der Waals surface area contributed by atoms with Gasteiger partial charge in [0.15, 0.2) is 0 Å². The minimum absolute atomic E-state index is 0.00506. The number of hydrogen-bond donors (Lipinski definition) is 1. The number of hydrogen-bond acceptors (Lipinski definition) is 4. The number of esters is 1. The molecule has 104 valence electrons. The number of rotatable bonds is 5. The van der Waals surface area contributed by atoms with Crippen molar-refractivity contribution in [1.82, 2.24) is 0 Å². The summed E-state index contributed by atoms with van der Waals surface area (Å²) in [4.78, 5) is 22.5. The Kier molecular flexibility index (Phi) is 5.50. The first kappa shape index (κ1) is 15.7. The SMILES string of the molecule is CCOC(=O)C(C)S(=O)c1ccc(C(=O)O)cc1Cl. The molecule has 0 fully saturated rings. The molecular formula is C12H13ClO5S. The summed E-state index contributed by atoms with van der Waals surface area (Å²) in [5.41, 5.74) is -0.00506. The maximum absolute atomic E-state index is 12.1. The van der Waals surface area contributed by atoms with Gasteiger partial charge in [0, 0.05) is 0 Å². The molecule has 0 aliphatic carbocycles. The second-order valence-electron chi connectivity index (χ2n) is 3.64. The maximum atomic E-state index is 12.1. The van der Waals surface area contributed by atoms with Crippen molar-refractivity contribution in [3.63, 3.8) is 0 Å². The van der Waals surface area contributed by atoms with Gasteiger partial charge in [0.2, 0.25) is 0 Å². The smallest absolute Gasteiger partial charge is 0.335 e. The molecule has 19 heavy (non-hydrogen) atoms. The molecule has 1 aromatic rings. The maximum Gasteiger partial charge on any atom is 0.335 e. The van der Waals surface area contributed by atoms with Gasteiger partial charge in [-0.15, -0.1) is 0 Å². The van der Waals surface area contributed by atoms with E-state index in [2.05, 4.69) is 0 Å². The van der Waals surface area contributed by atoms with E-state index in [1.54, 1.807) is 6.92 Å². The predicted molar refractivity (Wildman–Crippen MR) is 70.9 cm³/mol. The Morgan fingerprint density at radius 3 is 2.58 bits per heavy atom. The van der Waals surface area contributed by atoms with E-state index in [9.17, 15) is 13.8 Å². The Morgan fingerprint density at radius 1 is 1.47 bits per heavy atom. The third kappa shape index (κ3) is 3.78. The minimum Gasteiger partial charge on any atom is -0.478 e. The molecule has 0 aromatic heterocycles. The molecule has 0 radical (unpaired) electrons. The van der Waals surface area contributed by atoms with Crippen molar-refractivity contribution in [2.24, 2.45) is 0 Å². The zero-order chi connectivity index (χ0) is 14.6. The molecular weight excluding hydrogens is 292 g/mol. The standard InChI is InChI=1S/C12H13ClO5S/c1-3-18-12(16)7(2)19(17)10-5-4-8(11(14)15)6-9(10)13/h4-7H,3H2,1-2H3,(H,14,15). The first-order valence-corrected chi connectivity index (χ1v) is 7.07. The van der Waals surface area contributed by atoms with Gasteiger partial charge < -0.3 is 9.84 Å². The summed E-state index contributed by atoms with van der Waals surface area (Å²) in [7, 11) is -1.69. The molecule has 2 unspecified atom stereocenters. The Balaban J connectivity index is 3.00. The molecule has 0 spiro atoms. The number of halogens is 1. The van der Waals surface area contributed by atoms with Gasteiger partial charge in [-0.2, -0.15) is 0 Å². The highest BCUT2D eigenvalue weighted by atomic mass is 35.5. The molecule has 0 aliphatic rings. The Labute approximate surface area is 118 Å². The Hall–Kier alpha value is -1.40. The molecule has 7 heteroatoms. The summed E-state index contributed by atoms with van der Waals surface area (Å²) in [6.45, 7) is 3.32. The molecule has 2 atom stereocenters. The molecule has 0 aliphatic heterocycles. The molecule has 0 amide bonds. The highest BCUT2D eigenvalue weighted by Gasteiger charge is 2.24. The summed E-state index contributed by atoms with van der Waals surface area (Å²) in [6, 6.07) is 3.84. The van der Waals surface area contributed by atoms with Crippen LogP contribution >= 0.6 is 11.6 Å². The lowest BCUT2D eigenvalue weighted by Crippen LogP contribution is -2.25. The van der Waals surface area contributed by atoms with Crippen molar-refractivity contribution in [2.75, 3.05) is 6.61 Å². The van der Waals surface area contributed by atoms with Crippen molar-refractivity contribution in [3.8, 4) is 0 Å². The summed E-state index contributed by atoms with van der Waals surface area (Å²) in [6.07, 6.45) is 0. The molecule has 1 rings (SSSR count). The van der Waals surface area contributed by atoms with Crippen LogP contribution in [0.25, 0.3) is 0 Å². The van der Waals surface area contributed by atoms with E-state index >= 15 is 0 Å². The largest absolute Gasteiger partial charge is 0.478 e. The van der Waals surface area contributed by atoms with Crippen molar-refractivity contribution < 1.29 is 23.6 Å². The van der Waals surface area contributed by atoms with E-state index in [1.807, 2.05) is 0 Å². The van der Waals surface area contributed by atoms with Gasteiger partial charge in [0.25, 0.3) is 0 Å². The van der Waals surface area contributed by atoms with Gasteiger partial charge in [0.1, 0.15) is 5.25 Å². The van der Waals surface area contributed by atoms with Crippen LogP contribution in [0.15, 0.2) is 23.1 Å². The lowest BCUT2D eigenvalue weighted by molar-refractivity contribution is -0.142. The van der Waals surface area contributed by atoms with Crippen molar-refractivity contribution in [3.05, 3.63) is 28.8 Å². The fourth-order valence-corrected chi connectivity index (χ4v) is 2.82. The number of carbonyl (C=O) groups is 2. The van der Waals surface area contributed by atoms with Crippen LogP contribution in [0.2, 0.25) is 5.02 Å². The number of carbonyl (C=O) groups excluding carboxylic acids is 1.